The zero-order valence-corrected chi connectivity index (χ0v) is 14.3. The summed E-state index contributed by atoms with van der Waals surface area (Å²) in [4.78, 5) is 14.1. The summed E-state index contributed by atoms with van der Waals surface area (Å²) in [5.74, 6) is 1.17. The lowest BCUT2D eigenvalue weighted by atomic mass is 9.83. The third-order valence-corrected chi connectivity index (χ3v) is 5.83. The molecule has 0 aliphatic heterocycles. The van der Waals surface area contributed by atoms with Crippen molar-refractivity contribution in [2.75, 3.05) is 7.11 Å². The number of ketones is 1. The normalized spacial score (nSPS) is 17.3. The number of carbonyl (C=O) groups is 1. The van der Waals surface area contributed by atoms with E-state index in [2.05, 4.69) is 27.4 Å². The molecule has 3 rings (SSSR count). The average Bonchev–Trinajstić information content (AvgIpc) is 2.97. The SMILES string of the molecule is COc1ccc(Br)c(CC(=O)C2CCCc3sccc32)c1. The monoisotopic (exact) mass is 364 g/mol. The lowest BCUT2D eigenvalue weighted by Crippen LogP contribution is -2.19. The molecule has 2 nitrogen and oxygen atoms in total. The highest BCUT2D eigenvalue weighted by Crippen LogP contribution is 2.36. The number of carbonyl (C=O) groups excluding carboxylic acids is 1. The number of methoxy groups -OCH3 is 1. The zero-order valence-electron chi connectivity index (χ0n) is 11.9. The zero-order chi connectivity index (χ0) is 14.8. The van der Waals surface area contributed by atoms with E-state index in [0.29, 0.717) is 12.2 Å². The molecule has 110 valence electrons. The van der Waals surface area contributed by atoms with Crippen LogP contribution >= 0.6 is 27.3 Å². The van der Waals surface area contributed by atoms with Gasteiger partial charge in [-0.1, -0.05) is 15.9 Å². The number of aryl methyl sites for hydroxylation is 1. The second-order valence-electron chi connectivity index (χ2n) is 5.34. The van der Waals surface area contributed by atoms with E-state index in [1.54, 1.807) is 18.4 Å². The second-order valence-corrected chi connectivity index (χ2v) is 7.20. The number of thiophene rings is 1. The van der Waals surface area contributed by atoms with Crippen LogP contribution in [0.25, 0.3) is 0 Å². The first-order chi connectivity index (χ1) is 10.2. The van der Waals surface area contributed by atoms with Gasteiger partial charge in [-0.05, 0) is 60.0 Å². The van der Waals surface area contributed by atoms with Crippen LogP contribution in [0.3, 0.4) is 0 Å². The van der Waals surface area contributed by atoms with Gasteiger partial charge in [0.15, 0.2) is 0 Å². The first-order valence-corrected chi connectivity index (χ1v) is 8.77. The Morgan fingerprint density at radius 1 is 1.43 bits per heavy atom. The Bertz CT molecular complexity index is 663. The quantitative estimate of drug-likeness (QED) is 0.782. The fourth-order valence-corrected chi connectivity index (χ4v) is 4.32. The van der Waals surface area contributed by atoms with Gasteiger partial charge in [0.25, 0.3) is 0 Å². The summed E-state index contributed by atoms with van der Waals surface area (Å²) >= 11 is 5.31. The van der Waals surface area contributed by atoms with Crippen LogP contribution in [0.1, 0.15) is 34.8 Å². The van der Waals surface area contributed by atoms with E-state index < -0.39 is 0 Å². The fraction of sp³-hybridized carbons (Fsp3) is 0.353. The molecular weight excluding hydrogens is 348 g/mol. The van der Waals surface area contributed by atoms with Crippen LogP contribution in [0.5, 0.6) is 5.75 Å². The molecule has 0 radical (unpaired) electrons. The van der Waals surface area contributed by atoms with Crippen LogP contribution in [0.15, 0.2) is 34.1 Å². The van der Waals surface area contributed by atoms with E-state index in [4.69, 9.17) is 4.74 Å². The molecule has 0 saturated carbocycles. The Balaban J connectivity index is 1.82. The third-order valence-electron chi connectivity index (χ3n) is 4.06. The van der Waals surface area contributed by atoms with Crippen LogP contribution in [-0.2, 0) is 17.6 Å². The minimum Gasteiger partial charge on any atom is -0.497 e. The molecule has 2 aromatic rings. The molecule has 1 aliphatic carbocycles. The van der Waals surface area contributed by atoms with Crippen LogP contribution in [-0.4, -0.2) is 12.9 Å². The number of halogens is 1. The Kier molecular flexibility index (Phi) is 4.45. The maximum atomic E-state index is 12.7. The molecule has 0 bridgehead atoms. The minimum atomic E-state index is 0.0677. The summed E-state index contributed by atoms with van der Waals surface area (Å²) in [6.45, 7) is 0. The van der Waals surface area contributed by atoms with Gasteiger partial charge < -0.3 is 4.74 Å². The number of fused-ring (bicyclic) bond motifs is 1. The predicted molar refractivity (Wildman–Crippen MR) is 89.4 cm³/mol. The third kappa shape index (κ3) is 3.06. The smallest absolute Gasteiger partial charge is 0.144 e. The second kappa shape index (κ2) is 6.32. The number of hydrogen-bond donors (Lipinski definition) is 0. The summed E-state index contributed by atoms with van der Waals surface area (Å²) in [5.41, 5.74) is 2.26. The first-order valence-electron chi connectivity index (χ1n) is 7.10. The number of rotatable bonds is 4. The Morgan fingerprint density at radius 3 is 3.10 bits per heavy atom. The lowest BCUT2D eigenvalue weighted by Gasteiger charge is -2.21. The van der Waals surface area contributed by atoms with Gasteiger partial charge >= 0.3 is 0 Å². The summed E-state index contributed by atoms with van der Waals surface area (Å²) in [5, 5.41) is 2.11. The number of hydrogen-bond acceptors (Lipinski definition) is 3. The molecule has 1 aromatic carbocycles. The molecule has 0 N–H and O–H groups in total. The average molecular weight is 365 g/mol. The summed E-state index contributed by atoms with van der Waals surface area (Å²) < 4.78 is 6.22. The van der Waals surface area contributed by atoms with Crippen molar-refractivity contribution in [3.05, 3.63) is 50.1 Å². The molecule has 21 heavy (non-hydrogen) atoms. The van der Waals surface area contributed by atoms with E-state index in [1.807, 2.05) is 18.2 Å². The highest BCUT2D eigenvalue weighted by molar-refractivity contribution is 9.10. The number of ether oxygens (including phenoxy) is 1. The molecule has 1 aliphatic rings. The van der Waals surface area contributed by atoms with Crippen molar-refractivity contribution in [3.63, 3.8) is 0 Å². The highest BCUT2D eigenvalue weighted by Gasteiger charge is 2.27. The number of Topliss-reactive ketones (excluding diaryl/α,β-unsaturated/α-hetero) is 1. The maximum absolute atomic E-state index is 12.7. The van der Waals surface area contributed by atoms with E-state index in [-0.39, 0.29) is 5.92 Å². The molecule has 1 atom stereocenters. The van der Waals surface area contributed by atoms with Gasteiger partial charge in [-0.3, -0.25) is 4.79 Å². The van der Waals surface area contributed by atoms with Crippen molar-refractivity contribution in [3.8, 4) is 5.75 Å². The van der Waals surface area contributed by atoms with Crippen LogP contribution in [0.4, 0.5) is 0 Å². The van der Waals surface area contributed by atoms with Gasteiger partial charge in [0.1, 0.15) is 11.5 Å². The first kappa shape index (κ1) is 14.8. The van der Waals surface area contributed by atoms with Crippen molar-refractivity contribution in [1.82, 2.24) is 0 Å². The number of benzene rings is 1. The van der Waals surface area contributed by atoms with Gasteiger partial charge in [0, 0.05) is 21.7 Å². The van der Waals surface area contributed by atoms with Gasteiger partial charge in [-0.25, -0.2) is 0 Å². The fourth-order valence-electron chi connectivity index (χ4n) is 2.95. The minimum absolute atomic E-state index is 0.0677. The molecule has 0 fully saturated rings. The molecule has 1 unspecified atom stereocenters. The summed E-state index contributed by atoms with van der Waals surface area (Å²) in [6.07, 6.45) is 3.67. The Morgan fingerprint density at radius 2 is 2.29 bits per heavy atom. The molecule has 0 spiro atoms. The Hall–Kier alpha value is -1.13. The molecule has 0 amide bonds. The van der Waals surface area contributed by atoms with Gasteiger partial charge in [0.2, 0.25) is 0 Å². The van der Waals surface area contributed by atoms with E-state index >= 15 is 0 Å². The van der Waals surface area contributed by atoms with Crippen molar-refractivity contribution in [2.24, 2.45) is 0 Å². The highest BCUT2D eigenvalue weighted by atomic mass is 79.9. The van der Waals surface area contributed by atoms with Crippen LogP contribution in [0.2, 0.25) is 0 Å². The van der Waals surface area contributed by atoms with Crippen LogP contribution < -0.4 is 4.74 Å². The molecule has 4 heteroatoms. The summed E-state index contributed by atoms with van der Waals surface area (Å²) in [6, 6.07) is 7.91. The van der Waals surface area contributed by atoms with Gasteiger partial charge in [-0.2, -0.15) is 0 Å². The standard InChI is InChI=1S/C17H17BrO2S/c1-20-12-5-6-15(18)11(9-12)10-16(19)13-3-2-4-17-14(13)7-8-21-17/h5-9,13H,2-4,10H2,1H3. The topological polar surface area (TPSA) is 26.3 Å². The predicted octanol–water partition coefficient (Wildman–Crippen LogP) is 4.75. The van der Waals surface area contributed by atoms with Crippen molar-refractivity contribution in [1.29, 1.82) is 0 Å². The Labute approximate surface area is 137 Å². The van der Waals surface area contributed by atoms with Crippen molar-refractivity contribution < 1.29 is 9.53 Å². The van der Waals surface area contributed by atoms with Gasteiger partial charge in [-0.15, -0.1) is 11.3 Å². The van der Waals surface area contributed by atoms with Crippen molar-refractivity contribution in [2.45, 2.75) is 31.6 Å². The van der Waals surface area contributed by atoms with Crippen LogP contribution in [0, 0.1) is 0 Å². The van der Waals surface area contributed by atoms with E-state index in [1.165, 1.54) is 10.4 Å². The maximum Gasteiger partial charge on any atom is 0.144 e. The largest absolute Gasteiger partial charge is 0.497 e. The van der Waals surface area contributed by atoms with E-state index in [9.17, 15) is 4.79 Å². The molecular formula is C17H17BrO2S. The van der Waals surface area contributed by atoms with Crippen molar-refractivity contribution >= 4 is 33.0 Å². The van der Waals surface area contributed by atoms with E-state index in [0.717, 1.165) is 35.0 Å². The molecule has 1 heterocycles. The molecule has 1 aromatic heterocycles. The lowest BCUT2D eigenvalue weighted by molar-refractivity contribution is -0.120. The summed E-state index contributed by atoms with van der Waals surface area (Å²) in [7, 11) is 1.65. The molecule has 0 saturated heterocycles. The van der Waals surface area contributed by atoms with Gasteiger partial charge in [0.05, 0.1) is 7.11 Å².